The van der Waals surface area contributed by atoms with Crippen LogP contribution in [0.2, 0.25) is 0 Å². The highest BCUT2D eigenvalue weighted by atomic mass is 32.1. The lowest BCUT2D eigenvalue weighted by Gasteiger charge is -2.22. The number of hydrogen-bond donors (Lipinski definition) is 2. The van der Waals surface area contributed by atoms with Crippen LogP contribution in [0, 0.1) is 5.92 Å². The van der Waals surface area contributed by atoms with E-state index in [2.05, 4.69) is 5.32 Å². The summed E-state index contributed by atoms with van der Waals surface area (Å²) in [5, 5.41) is 16.4. The molecule has 1 aliphatic rings. The summed E-state index contributed by atoms with van der Waals surface area (Å²) >= 11 is 1.45. The maximum absolute atomic E-state index is 12.7. The molecule has 126 valence electrons. The summed E-state index contributed by atoms with van der Waals surface area (Å²) in [6, 6.07) is 8.68. The summed E-state index contributed by atoms with van der Waals surface area (Å²) in [5.41, 5.74) is 1.47. The van der Waals surface area contributed by atoms with Crippen LogP contribution in [0.4, 0.5) is 5.69 Å². The van der Waals surface area contributed by atoms with Crippen molar-refractivity contribution in [2.75, 3.05) is 18.9 Å². The molecule has 1 atom stereocenters. The molecule has 1 aliphatic carbocycles. The van der Waals surface area contributed by atoms with Crippen molar-refractivity contribution in [1.29, 1.82) is 0 Å². The Morgan fingerprint density at radius 2 is 2.08 bits per heavy atom. The van der Waals surface area contributed by atoms with Crippen LogP contribution in [0.5, 0.6) is 0 Å². The van der Waals surface area contributed by atoms with E-state index in [1.165, 1.54) is 16.2 Å². The summed E-state index contributed by atoms with van der Waals surface area (Å²) in [7, 11) is 1.67. The number of benzene rings is 1. The van der Waals surface area contributed by atoms with E-state index < -0.39 is 6.10 Å². The molecule has 2 N–H and O–H groups in total. The SMILES string of the molecule is CN(CC(O)C1CC1)C(=O)c1ccccc1NC(=O)c1ccsc1. The van der Waals surface area contributed by atoms with Gasteiger partial charge in [0.25, 0.3) is 11.8 Å². The zero-order valence-corrected chi connectivity index (χ0v) is 14.3. The van der Waals surface area contributed by atoms with Gasteiger partial charge in [-0.2, -0.15) is 11.3 Å². The van der Waals surface area contributed by atoms with Crippen molar-refractivity contribution in [1.82, 2.24) is 4.90 Å². The second-order valence-corrected chi connectivity index (χ2v) is 6.88. The van der Waals surface area contributed by atoms with Crippen LogP contribution in [0.15, 0.2) is 41.1 Å². The number of aliphatic hydroxyl groups is 1. The Hall–Kier alpha value is -2.18. The topological polar surface area (TPSA) is 69.6 Å². The molecule has 2 aromatic rings. The maximum atomic E-state index is 12.7. The third-order valence-electron chi connectivity index (χ3n) is 4.16. The quantitative estimate of drug-likeness (QED) is 0.846. The van der Waals surface area contributed by atoms with Gasteiger partial charge < -0.3 is 15.3 Å². The van der Waals surface area contributed by atoms with E-state index in [1.54, 1.807) is 42.8 Å². The van der Waals surface area contributed by atoms with Gasteiger partial charge in [0.1, 0.15) is 0 Å². The molecular formula is C18H20N2O3S. The molecule has 0 saturated heterocycles. The first-order valence-corrected chi connectivity index (χ1v) is 8.86. The van der Waals surface area contributed by atoms with E-state index in [1.807, 2.05) is 5.38 Å². The van der Waals surface area contributed by atoms with Crippen molar-refractivity contribution in [3.8, 4) is 0 Å². The number of carbonyl (C=O) groups excluding carboxylic acids is 2. The molecule has 0 bridgehead atoms. The molecule has 1 unspecified atom stereocenters. The minimum absolute atomic E-state index is 0.212. The van der Waals surface area contributed by atoms with Crippen molar-refractivity contribution < 1.29 is 14.7 Å². The molecule has 1 heterocycles. The van der Waals surface area contributed by atoms with Crippen LogP contribution in [0.3, 0.4) is 0 Å². The number of anilines is 1. The summed E-state index contributed by atoms with van der Waals surface area (Å²) in [4.78, 5) is 26.4. The van der Waals surface area contributed by atoms with Gasteiger partial charge in [-0.05, 0) is 42.3 Å². The Morgan fingerprint density at radius 3 is 2.75 bits per heavy atom. The van der Waals surface area contributed by atoms with Gasteiger partial charge in [-0.3, -0.25) is 9.59 Å². The highest BCUT2D eigenvalue weighted by Gasteiger charge is 2.31. The molecule has 0 aliphatic heterocycles. The minimum Gasteiger partial charge on any atom is -0.391 e. The molecule has 1 fully saturated rings. The number of para-hydroxylation sites is 1. The van der Waals surface area contributed by atoms with Gasteiger partial charge >= 0.3 is 0 Å². The number of thiophene rings is 1. The summed E-state index contributed by atoms with van der Waals surface area (Å²) in [5.74, 6) is -0.137. The molecule has 2 amide bonds. The normalized spacial score (nSPS) is 14.9. The Kier molecular flexibility index (Phi) is 4.97. The first-order valence-electron chi connectivity index (χ1n) is 7.92. The second-order valence-electron chi connectivity index (χ2n) is 6.10. The predicted octanol–water partition coefficient (Wildman–Crippen LogP) is 2.84. The lowest BCUT2D eigenvalue weighted by atomic mass is 10.1. The molecule has 3 rings (SSSR count). The molecule has 0 spiro atoms. The molecule has 1 aromatic carbocycles. The fraction of sp³-hybridized carbons (Fsp3) is 0.333. The second kappa shape index (κ2) is 7.15. The standard InChI is InChI=1S/C18H20N2O3S/c1-20(10-16(21)12-6-7-12)18(23)14-4-2-3-5-15(14)19-17(22)13-8-9-24-11-13/h2-5,8-9,11-12,16,21H,6-7,10H2,1H3,(H,19,22). The van der Waals surface area contributed by atoms with Gasteiger partial charge in [-0.15, -0.1) is 0 Å². The van der Waals surface area contributed by atoms with E-state index in [-0.39, 0.29) is 11.8 Å². The predicted molar refractivity (Wildman–Crippen MR) is 94.4 cm³/mol. The first-order chi connectivity index (χ1) is 11.6. The lowest BCUT2D eigenvalue weighted by molar-refractivity contribution is 0.0646. The van der Waals surface area contributed by atoms with Crippen molar-refractivity contribution in [2.24, 2.45) is 5.92 Å². The van der Waals surface area contributed by atoms with Crippen molar-refractivity contribution >= 4 is 28.8 Å². The van der Waals surface area contributed by atoms with Crippen LogP contribution >= 0.6 is 11.3 Å². The zero-order chi connectivity index (χ0) is 17.1. The lowest BCUT2D eigenvalue weighted by Crippen LogP contribution is -2.35. The number of likely N-dealkylation sites (N-methyl/N-ethyl adjacent to an activating group) is 1. The monoisotopic (exact) mass is 344 g/mol. The van der Waals surface area contributed by atoms with Crippen LogP contribution in [-0.4, -0.2) is 41.5 Å². The number of rotatable bonds is 6. The Balaban J connectivity index is 1.72. The number of nitrogens with zero attached hydrogens (tertiary/aromatic N) is 1. The number of amides is 2. The number of hydrogen-bond acceptors (Lipinski definition) is 4. The summed E-state index contributed by atoms with van der Waals surface area (Å²) in [6.45, 7) is 0.302. The van der Waals surface area contributed by atoms with E-state index >= 15 is 0 Å². The van der Waals surface area contributed by atoms with E-state index in [9.17, 15) is 14.7 Å². The minimum atomic E-state index is -0.480. The highest BCUT2D eigenvalue weighted by Crippen LogP contribution is 2.33. The van der Waals surface area contributed by atoms with Crippen LogP contribution in [0.1, 0.15) is 33.6 Å². The zero-order valence-electron chi connectivity index (χ0n) is 13.4. The van der Waals surface area contributed by atoms with Gasteiger partial charge in [0.2, 0.25) is 0 Å². The van der Waals surface area contributed by atoms with E-state index in [0.29, 0.717) is 29.3 Å². The highest BCUT2D eigenvalue weighted by molar-refractivity contribution is 7.08. The van der Waals surface area contributed by atoms with Gasteiger partial charge in [0.05, 0.1) is 22.9 Å². The summed E-state index contributed by atoms with van der Waals surface area (Å²) in [6.07, 6.45) is 1.57. The fourth-order valence-electron chi connectivity index (χ4n) is 2.57. The maximum Gasteiger partial charge on any atom is 0.256 e. The van der Waals surface area contributed by atoms with Crippen LogP contribution < -0.4 is 5.32 Å². The van der Waals surface area contributed by atoms with Gasteiger partial charge in [0.15, 0.2) is 0 Å². The molecule has 1 saturated carbocycles. The van der Waals surface area contributed by atoms with Crippen molar-refractivity contribution in [2.45, 2.75) is 18.9 Å². The number of nitrogens with one attached hydrogen (secondary N) is 1. The smallest absolute Gasteiger partial charge is 0.256 e. The van der Waals surface area contributed by atoms with Crippen LogP contribution in [-0.2, 0) is 0 Å². The Morgan fingerprint density at radius 1 is 1.33 bits per heavy atom. The average Bonchev–Trinajstić information content (AvgIpc) is 3.29. The molecule has 1 aromatic heterocycles. The largest absolute Gasteiger partial charge is 0.391 e. The van der Waals surface area contributed by atoms with Crippen LogP contribution in [0.25, 0.3) is 0 Å². The Bertz CT molecular complexity index is 726. The Labute approximate surface area is 144 Å². The molecule has 0 radical (unpaired) electrons. The third-order valence-corrected chi connectivity index (χ3v) is 4.85. The number of carbonyl (C=O) groups is 2. The van der Waals surface area contributed by atoms with Gasteiger partial charge in [-0.25, -0.2) is 0 Å². The van der Waals surface area contributed by atoms with E-state index in [0.717, 1.165) is 12.8 Å². The third kappa shape index (κ3) is 3.83. The molecule has 6 heteroatoms. The molecule has 5 nitrogen and oxygen atoms in total. The molecular weight excluding hydrogens is 324 g/mol. The fourth-order valence-corrected chi connectivity index (χ4v) is 3.20. The van der Waals surface area contributed by atoms with Crippen molar-refractivity contribution in [3.05, 3.63) is 52.2 Å². The van der Waals surface area contributed by atoms with E-state index in [4.69, 9.17) is 0 Å². The summed E-state index contributed by atoms with van der Waals surface area (Å²) < 4.78 is 0. The van der Waals surface area contributed by atoms with Crippen molar-refractivity contribution in [3.63, 3.8) is 0 Å². The first kappa shape index (κ1) is 16.7. The molecule has 24 heavy (non-hydrogen) atoms. The van der Waals surface area contributed by atoms with Gasteiger partial charge in [-0.1, -0.05) is 12.1 Å². The van der Waals surface area contributed by atoms with Gasteiger partial charge in [0, 0.05) is 19.0 Å². The number of aliphatic hydroxyl groups excluding tert-OH is 1. The average molecular weight is 344 g/mol.